The Morgan fingerprint density at radius 2 is 1.87 bits per heavy atom. The molecule has 38 heavy (non-hydrogen) atoms. The molecule has 0 atom stereocenters. The lowest BCUT2D eigenvalue weighted by Crippen LogP contribution is -2.36. The van der Waals surface area contributed by atoms with Gasteiger partial charge in [-0.3, -0.25) is 19.3 Å². The van der Waals surface area contributed by atoms with Crippen molar-refractivity contribution in [2.24, 2.45) is 0 Å². The molecule has 0 saturated carbocycles. The van der Waals surface area contributed by atoms with E-state index in [9.17, 15) is 18.8 Å². The van der Waals surface area contributed by atoms with Gasteiger partial charge in [0.05, 0.1) is 16.0 Å². The van der Waals surface area contributed by atoms with Crippen LogP contribution in [0.15, 0.2) is 70.0 Å². The van der Waals surface area contributed by atoms with E-state index in [1.54, 1.807) is 54.6 Å². The number of hydrogen-bond acceptors (Lipinski definition) is 6. The number of hydrogen-bond donors (Lipinski definition) is 1. The van der Waals surface area contributed by atoms with Gasteiger partial charge in [-0.1, -0.05) is 29.8 Å². The summed E-state index contributed by atoms with van der Waals surface area (Å²) in [5.41, 5.74) is 1.45. The monoisotopic (exact) mass is 618 g/mol. The van der Waals surface area contributed by atoms with Crippen LogP contribution in [0.5, 0.6) is 11.5 Å². The lowest BCUT2D eigenvalue weighted by Gasteiger charge is -2.15. The van der Waals surface area contributed by atoms with Crippen LogP contribution in [0, 0.1) is 5.82 Å². The second-order valence-corrected chi connectivity index (χ2v) is 10.2. The van der Waals surface area contributed by atoms with Gasteiger partial charge in [-0.2, -0.15) is 0 Å². The van der Waals surface area contributed by atoms with Crippen molar-refractivity contribution in [1.29, 1.82) is 0 Å². The second kappa shape index (κ2) is 12.5. The van der Waals surface area contributed by atoms with Crippen LogP contribution in [-0.4, -0.2) is 35.1 Å². The number of nitrogens with one attached hydrogen (secondary N) is 1. The second-order valence-electron chi connectivity index (χ2n) is 7.97. The Labute approximate surface area is 236 Å². The average Bonchev–Trinajstić information content (AvgIpc) is 3.13. The normalized spacial score (nSPS) is 14.2. The summed E-state index contributed by atoms with van der Waals surface area (Å²) in [6.45, 7) is 1.70. The van der Waals surface area contributed by atoms with Crippen molar-refractivity contribution in [3.63, 3.8) is 0 Å². The maximum Gasteiger partial charge on any atom is 0.294 e. The van der Waals surface area contributed by atoms with E-state index < -0.39 is 23.6 Å². The fourth-order valence-corrected chi connectivity index (χ4v) is 5.04. The molecular formula is C27H21BrClFN2O5S. The molecule has 1 N–H and O–H groups in total. The van der Waals surface area contributed by atoms with Gasteiger partial charge >= 0.3 is 0 Å². The predicted molar refractivity (Wildman–Crippen MR) is 149 cm³/mol. The van der Waals surface area contributed by atoms with Gasteiger partial charge in [-0.05, 0) is 88.7 Å². The quantitative estimate of drug-likeness (QED) is 0.263. The summed E-state index contributed by atoms with van der Waals surface area (Å²) in [5, 5.41) is 2.59. The molecule has 0 spiro atoms. The minimum absolute atomic E-state index is 0.0122. The summed E-state index contributed by atoms with van der Waals surface area (Å²) in [5.74, 6) is -0.727. The maximum atomic E-state index is 14.0. The maximum absolute atomic E-state index is 14.0. The molecule has 0 aromatic heterocycles. The van der Waals surface area contributed by atoms with Gasteiger partial charge in [0.2, 0.25) is 5.91 Å². The number of nitrogens with zero attached hydrogens (tertiary/aromatic N) is 1. The van der Waals surface area contributed by atoms with Gasteiger partial charge in [0.15, 0.2) is 11.5 Å². The Bertz CT molecular complexity index is 1420. The molecule has 0 bridgehead atoms. The Morgan fingerprint density at radius 3 is 2.58 bits per heavy atom. The molecule has 1 heterocycles. The van der Waals surface area contributed by atoms with E-state index in [0.29, 0.717) is 44.4 Å². The number of carbonyl (C=O) groups is 3. The first-order chi connectivity index (χ1) is 18.2. The Balaban J connectivity index is 1.49. The molecule has 0 radical (unpaired) electrons. The van der Waals surface area contributed by atoms with Crippen LogP contribution in [0.4, 0.5) is 14.9 Å². The number of rotatable bonds is 9. The van der Waals surface area contributed by atoms with E-state index in [0.717, 1.165) is 16.7 Å². The van der Waals surface area contributed by atoms with Crippen molar-refractivity contribution in [2.75, 3.05) is 18.5 Å². The Kier molecular flexibility index (Phi) is 9.09. The molecule has 3 aromatic carbocycles. The van der Waals surface area contributed by atoms with Crippen LogP contribution >= 0.6 is 39.3 Å². The number of benzene rings is 3. The lowest BCUT2D eigenvalue weighted by molar-refractivity contribution is -0.127. The number of ether oxygens (including phenoxy) is 2. The molecule has 196 valence electrons. The molecule has 0 aliphatic carbocycles. The number of amides is 3. The van der Waals surface area contributed by atoms with E-state index >= 15 is 0 Å². The molecule has 4 rings (SSSR count). The Morgan fingerprint density at radius 1 is 1.13 bits per heavy atom. The minimum Gasteiger partial charge on any atom is -0.490 e. The predicted octanol–water partition coefficient (Wildman–Crippen LogP) is 6.89. The summed E-state index contributed by atoms with van der Waals surface area (Å²) in [7, 11) is 0. The smallest absolute Gasteiger partial charge is 0.294 e. The van der Waals surface area contributed by atoms with Crippen LogP contribution in [0.25, 0.3) is 6.08 Å². The SMILES string of the molecule is CCOc1cc(/C=C2\SC(=O)N(CC(=O)Nc3ccc(Cl)cc3)C2=O)cc(Br)c1OCc1ccccc1F. The number of carbonyl (C=O) groups excluding carboxylic acids is 3. The van der Waals surface area contributed by atoms with Crippen LogP contribution in [0.1, 0.15) is 18.1 Å². The molecule has 1 aliphatic heterocycles. The van der Waals surface area contributed by atoms with Gasteiger partial charge in [-0.25, -0.2) is 4.39 Å². The molecule has 11 heteroatoms. The molecule has 3 aromatic rings. The van der Waals surface area contributed by atoms with Crippen molar-refractivity contribution in [3.8, 4) is 11.5 Å². The van der Waals surface area contributed by atoms with Crippen molar-refractivity contribution < 1.29 is 28.2 Å². The number of thioether (sulfide) groups is 1. The molecule has 1 fully saturated rings. The van der Waals surface area contributed by atoms with Crippen LogP contribution in [0.3, 0.4) is 0 Å². The zero-order valence-electron chi connectivity index (χ0n) is 20.0. The third-order valence-corrected chi connectivity index (χ3v) is 7.01. The summed E-state index contributed by atoms with van der Waals surface area (Å²) >= 11 is 10.0. The zero-order chi connectivity index (χ0) is 27.2. The van der Waals surface area contributed by atoms with Crippen molar-refractivity contribution in [2.45, 2.75) is 13.5 Å². The summed E-state index contributed by atoms with van der Waals surface area (Å²) in [6.07, 6.45) is 1.54. The molecule has 3 amide bonds. The third kappa shape index (κ3) is 6.75. The highest BCUT2D eigenvalue weighted by molar-refractivity contribution is 9.10. The first kappa shape index (κ1) is 27.7. The lowest BCUT2D eigenvalue weighted by atomic mass is 10.1. The highest BCUT2D eigenvalue weighted by Gasteiger charge is 2.36. The first-order valence-electron chi connectivity index (χ1n) is 11.4. The minimum atomic E-state index is -0.583. The Hall–Kier alpha value is -3.34. The highest BCUT2D eigenvalue weighted by Crippen LogP contribution is 2.40. The zero-order valence-corrected chi connectivity index (χ0v) is 23.2. The van der Waals surface area contributed by atoms with Gasteiger partial charge in [0.1, 0.15) is 19.0 Å². The summed E-state index contributed by atoms with van der Waals surface area (Å²) in [6, 6.07) is 16.1. The largest absolute Gasteiger partial charge is 0.490 e. The average molecular weight is 620 g/mol. The number of halogens is 3. The molecule has 1 saturated heterocycles. The van der Waals surface area contributed by atoms with Crippen LogP contribution in [0.2, 0.25) is 5.02 Å². The third-order valence-electron chi connectivity index (χ3n) is 5.26. The van der Waals surface area contributed by atoms with E-state index in [2.05, 4.69) is 21.2 Å². The number of imide groups is 1. The molecule has 7 nitrogen and oxygen atoms in total. The standard InChI is InChI=1S/C27H21BrClFN2O5S/c1-2-36-22-12-16(11-20(28)25(22)37-15-17-5-3-4-6-21(17)30)13-23-26(34)32(27(35)38-23)14-24(33)31-19-9-7-18(29)8-10-19/h3-13H,2,14-15H2,1H3,(H,31,33)/b23-13-. The fraction of sp³-hybridized carbons (Fsp3) is 0.148. The van der Waals surface area contributed by atoms with Gasteiger partial charge < -0.3 is 14.8 Å². The topological polar surface area (TPSA) is 84.9 Å². The van der Waals surface area contributed by atoms with Crippen LogP contribution in [-0.2, 0) is 16.2 Å². The molecule has 1 aliphatic rings. The summed E-state index contributed by atoms with van der Waals surface area (Å²) < 4.78 is 26.1. The molecule has 0 unspecified atom stereocenters. The van der Waals surface area contributed by atoms with E-state index in [-0.39, 0.29) is 17.3 Å². The highest BCUT2D eigenvalue weighted by atomic mass is 79.9. The number of anilines is 1. The van der Waals surface area contributed by atoms with E-state index in [4.69, 9.17) is 21.1 Å². The van der Waals surface area contributed by atoms with Crippen molar-refractivity contribution >= 4 is 68.1 Å². The molecular weight excluding hydrogens is 599 g/mol. The van der Waals surface area contributed by atoms with Crippen molar-refractivity contribution in [1.82, 2.24) is 4.90 Å². The van der Waals surface area contributed by atoms with Gasteiger partial charge in [0.25, 0.3) is 11.1 Å². The van der Waals surface area contributed by atoms with Crippen LogP contribution < -0.4 is 14.8 Å². The fourth-order valence-electron chi connectivity index (χ4n) is 3.50. The first-order valence-corrected chi connectivity index (χ1v) is 13.4. The van der Waals surface area contributed by atoms with Gasteiger partial charge in [0, 0.05) is 16.3 Å². The van der Waals surface area contributed by atoms with E-state index in [1.165, 1.54) is 12.1 Å². The summed E-state index contributed by atoms with van der Waals surface area (Å²) in [4.78, 5) is 38.9. The van der Waals surface area contributed by atoms with Gasteiger partial charge in [-0.15, -0.1) is 0 Å². The van der Waals surface area contributed by atoms with Crippen molar-refractivity contribution in [3.05, 3.63) is 92.0 Å². The van der Waals surface area contributed by atoms with E-state index in [1.807, 2.05) is 6.92 Å².